The predicted octanol–water partition coefficient (Wildman–Crippen LogP) is 3.80. The lowest BCUT2D eigenvalue weighted by atomic mass is 9.97. The van der Waals surface area contributed by atoms with Crippen molar-refractivity contribution in [3.63, 3.8) is 0 Å². The summed E-state index contributed by atoms with van der Waals surface area (Å²) in [5.74, 6) is -0.705. The van der Waals surface area contributed by atoms with E-state index in [2.05, 4.69) is 0 Å². The molecule has 1 fully saturated rings. The zero-order valence-corrected chi connectivity index (χ0v) is 18.4. The molecule has 0 saturated carbocycles. The standard InChI is InChI=1S/C23H22ClF3N2O4/c24-18-4-5-20-15(11-18)10-16(13-32-20)22(31)33-14-21(30)29-8-6-28(7-9-29)19-3-1-2-17(12-19)23(25,26)27/h1-5,11-12,16H,6-10,13-14H2. The van der Waals surface area contributed by atoms with Gasteiger partial charge in [0.1, 0.15) is 12.4 Å². The number of rotatable bonds is 4. The maximum atomic E-state index is 13.0. The van der Waals surface area contributed by atoms with Crippen LogP contribution in [0.1, 0.15) is 11.1 Å². The van der Waals surface area contributed by atoms with Crippen molar-refractivity contribution in [3.8, 4) is 5.75 Å². The van der Waals surface area contributed by atoms with Gasteiger partial charge in [0.25, 0.3) is 5.91 Å². The Hall–Kier alpha value is -2.94. The van der Waals surface area contributed by atoms with Crippen molar-refractivity contribution in [2.45, 2.75) is 12.6 Å². The van der Waals surface area contributed by atoms with Crippen LogP contribution in [-0.2, 0) is 26.9 Å². The minimum atomic E-state index is -4.41. The summed E-state index contributed by atoms with van der Waals surface area (Å²) in [6.07, 6.45) is -3.99. The van der Waals surface area contributed by atoms with E-state index in [0.717, 1.165) is 17.7 Å². The number of carbonyl (C=O) groups is 2. The summed E-state index contributed by atoms with van der Waals surface area (Å²) < 4.78 is 49.7. The maximum absolute atomic E-state index is 13.0. The third-order valence-electron chi connectivity index (χ3n) is 5.77. The summed E-state index contributed by atoms with van der Waals surface area (Å²) in [5, 5.41) is 0.547. The number of piperazine rings is 1. The van der Waals surface area contributed by atoms with Gasteiger partial charge in [-0.3, -0.25) is 9.59 Å². The first-order chi connectivity index (χ1) is 15.7. The molecule has 176 valence electrons. The average molecular weight is 483 g/mol. The lowest BCUT2D eigenvalue weighted by Gasteiger charge is -2.36. The minimum Gasteiger partial charge on any atom is -0.492 e. The van der Waals surface area contributed by atoms with Gasteiger partial charge in [-0.1, -0.05) is 17.7 Å². The van der Waals surface area contributed by atoms with Gasteiger partial charge < -0.3 is 19.3 Å². The Morgan fingerprint density at radius 1 is 1.09 bits per heavy atom. The molecule has 2 aromatic carbocycles. The fourth-order valence-corrected chi connectivity index (χ4v) is 4.14. The SMILES string of the molecule is O=C(OCC(=O)N1CCN(c2cccc(C(F)(F)F)c2)CC1)C1COc2ccc(Cl)cc2C1. The summed E-state index contributed by atoms with van der Waals surface area (Å²) >= 11 is 5.99. The first-order valence-electron chi connectivity index (χ1n) is 10.5. The molecular weight excluding hydrogens is 461 g/mol. The molecule has 0 aliphatic carbocycles. The van der Waals surface area contributed by atoms with Crippen molar-refractivity contribution in [2.75, 3.05) is 44.3 Å². The van der Waals surface area contributed by atoms with Crippen molar-refractivity contribution < 1.29 is 32.2 Å². The molecule has 0 spiro atoms. The van der Waals surface area contributed by atoms with Crippen LogP contribution >= 0.6 is 11.6 Å². The molecule has 2 aromatic rings. The lowest BCUT2D eigenvalue weighted by molar-refractivity contribution is -0.156. The molecule has 0 radical (unpaired) electrons. The van der Waals surface area contributed by atoms with Crippen LogP contribution in [-0.4, -0.2) is 56.2 Å². The summed E-state index contributed by atoms with van der Waals surface area (Å²) in [6.45, 7) is 1.19. The molecule has 2 aliphatic heterocycles. The van der Waals surface area contributed by atoms with Crippen molar-refractivity contribution in [1.29, 1.82) is 0 Å². The van der Waals surface area contributed by atoms with Crippen LogP contribution in [0.2, 0.25) is 5.02 Å². The third kappa shape index (κ3) is 5.52. The number of alkyl halides is 3. The van der Waals surface area contributed by atoms with Crippen LogP contribution in [0.25, 0.3) is 0 Å². The normalized spacial score (nSPS) is 18.4. The van der Waals surface area contributed by atoms with E-state index in [-0.39, 0.29) is 19.1 Å². The van der Waals surface area contributed by atoms with Gasteiger partial charge in [-0.15, -0.1) is 0 Å². The Kier molecular flexibility index (Phi) is 6.69. The van der Waals surface area contributed by atoms with E-state index >= 15 is 0 Å². The Labute approximate surface area is 193 Å². The van der Waals surface area contributed by atoms with Gasteiger partial charge in [0.2, 0.25) is 0 Å². The summed E-state index contributed by atoms with van der Waals surface area (Å²) in [6, 6.07) is 10.3. The van der Waals surface area contributed by atoms with E-state index < -0.39 is 23.6 Å². The second-order valence-electron chi connectivity index (χ2n) is 7.99. The molecule has 2 heterocycles. The van der Waals surface area contributed by atoms with Crippen LogP contribution in [0.5, 0.6) is 5.75 Å². The van der Waals surface area contributed by atoms with E-state index in [1.807, 2.05) is 0 Å². The van der Waals surface area contributed by atoms with E-state index in [9.17, 15) is 22.8 Å². The molecule has 4 rings (SSSR count). The molecule has 10 heteroatoms. The molecule has 0 N–H and O–H groups in total. The molecule has 1 saturated heterocycles. The van der Waals surface area contributed by atoms with E-state index in [1.165, 1.54) is 6.07 Å². The largest absolute Gasteiger partial charge is 0.492 e. The number of hydrogen-bond acceptors (Lipinski definition) is 5. The molecule has 1 unspecified atom stereocenters. The van der Waals surface area contributed by atoms with E-state index in [1.54, 1.807) is 34.1 Å². The highest BCUT2D eigenvalue weighted by Crippen LogP contribution is 2.32. The quantitative estimate of drug-likeness (QED) is 0.620. The summed E-state index contributed by atoms with van der Waals surface area (Å²) in [4.78, 5) is 28.3. The first kappa shape index (κ1) is 23.2. The molecule has 6 nitrogen and oxygen atoms in total. The average Bonchev–Trinajstić information content (AvgIpc) is 2.81. The summed E-state index contributed by atoms with van der Waals surface area (Å²) in [7, 11) is 0. The zero-order valence-electron chi connectivity index (χ0n) is 17.6. The number of hydrogen-bond donors (Lipinski definition) is 0. The number of halogens is 4. The maximum Gasteiger partial charge on any atom is 0.416 e. The fourth-order valence-electron chi connectivity index (χ4n) is 3.95. The van der Waals surface area contributed by atoms with Gasteiger partial charge >= 0.3 is 12.1 Å². The van der Waals surface area contributed by atoms with Gasteiger partial charge in [-0.05, 0) is 48.4 Å². The van der Waals surface area contributed by atoms with Crippen molar-refractivity contribution >= 4 is 29.2 Å². The molecule has 1 atom stereocenters. The van der Waals surface area contributed by atoms with Gasteiger partial charge in [-0.25, -0.2) is 0 Å². The van der Waals surface area contributed by atoms with Crippen molar-refractivity contribution in [3.05, 3.63) is 58.6 Å². The highest BCUT2D eigenvalue weighted by Gasteiger charge is 2.32. The second kappa shape index (κ2) is 9.51. The number of fused-ring (bicyclic) bond motifs is 1. The number of benzene rings is 2. The molecular formula is C23H22ClF3N2O4. The molecule has 0 bridgehead atoms. The number of carbonyl (C=O) groups excluding carboxylic acids is 2. The topological polar surface area (TPSA) is 59.1 Å². The van der Waals surface area contributed by atoms with Crippen molar-refractivity contribution in [2.24, 2.45) is 5.92 Å². The Bertz CT molecular complexity index is 1040. The van der Waals surface area contributed by atoms with E-state index in [4.69, 9.17) is 21.1 Å². The molecule has 33 heavy (non-hydrogen) atoms. The van der Waals surface area contributed by atoms with Crippen LogP contribution in [0.4, 0.5) is 18.9 Å². The lowest BCUT2D eigenvalue weighted by Crippen LogP contribution is -2.50. The van der Waals surface area contributed by atoms with Crippen LogP contribution in [0.3, 0.4) is 0 Å². The molecule has 0 aromatic heterocycles. The Morgan fingerprint density at radius 2 is 1.85 bits per heavy atom. The molecule has 1 amide bonds. The predicted molar refractivity (Wildman–Crippen MR) is 115 cm³/mol. The van der Waals surface area contributed by atoms with Gasteiger partial charge in [0.15, 0.2) is 6.61 Å². The smallest absolute Gasteiger partial charge is 0.416 e. The summed E-state index contributed by atoms with van der Waals surface area (Å²) in [5.41, 5.74) is 0.566. The van der Waals surface area contributed by atoms with E-state index in [0.29, 0.717) is 49.1 Å². The van der Waals surface area contributed by atoms with Crippen LogP contribution in [0.15, 0.2) is 42.5 Å². The van der Waals surface area contributed by atoms with Crippen LogP contribution < -0.4 is 9.64 Å². The second-order valence-corrected chi connectivity index (χ2v) is 8.42. The fraction of sp³-hybridized carbons (Fsp3) is 0.391. The molecule has 2 aliphatic rings. The highest BCUT2D eigenvalue weighted by atomic mass is 35.5. The number of anilines is 1. The highest BCUT2D eigenvalue weighted by molar-refractivity contribution is 6.30. The number of ether oxygens (including phenoxy) is 2. The minimum absolute atomic E-state index is 0.164. The zero-order chi connectivity index (χ0) is 23.6. The van der Waals surface area contributed by atoms with Gasteiger partial charge in [0.05, 0.1) is 11.5 Å². The Morgan fingerprint density at radius 3 is 2.58 bits per heavy atom. The monoisotopic (exact) mass is 482 g/mol. The number of amides is 1. The number of nitrogens with zero attached hydrogens (tertiary/aromatic N) is 2. The first-order valence-corrected chi connectivity index (χ1v) is 10.9. The van der Waals surface area contributed by atoms with Crippen LogP contribution in [0, 0.1) is 5.92 Å². The van der Waals surface area contributed by atoms with Gasteiger partial charge in [-0.2, -0.15) is 13.2 Å². The Balaban J connectivity index is 1.26. The van der Waals surface area contributed by atoms with Gasteiger partial charge in [0, 0.05) is 36.9 Å². The number of esters is 1. The van der Waals surface area contributed by atoms with Crippen molar-refractivity contribution in [1.82, 2.24) is 4.90 Å². The third-order valence-corrected chi connectivity index (χ3v) is 6.01.